The van der Waals surface area contributed by atoms with Gasteiger partial charge in [-0.05, 0) is 32.4 Å². The van der Waals surface area contributed by atoms with Crippen molar-refractivity contribution in [2.24, 2.45) is 0 Å². The van der Waals surface area contributed by atoms with Crippen LogP contribution in [0.1, 0.15) is 27.2 Å². The van der Waals surface area contributed by atoms with Crippen LogP contribution in [0.25, 0.3) is 0 Å². The Labute approximate surface area is 98.2 Å². The van der Waals surface area contributed by atoms with E-state index >= 15 is 0 Å². The number of hydrogen-bond donors (Lipinski definition) is 1. The molecular formula is C13H22N2O. The van der Waals surface area contributed by atoms with E-state index in [2.05, 4.69) is 11.8 Å². The lowest BCUT2D eigenvalue weighted by Crippen LogP contribution is -2.19. The SMILES string of the molecule is CCCN(C)c1cccc(OC(C)C)c1N. The summed E-state index contributed by atoms with van der Waals surface area (Å²) in [6.07, 6.45) is 1.25. The Hall–Kier alpha value is -1.38. The van der Waals surface area contributed by atoms with Crippen LogP contribution < -0.4 is 15.4 Å². The van der Waals surface area contributed by atoms with Crippen molar-refractivity contribution in [3.05, 3.63) is 18.2 Å². The summed E-state index contributed by atoms with van der Waals surface area (Å²) in [6.45, 7) is 7.15. The Bertz CT molecular complexity index is 337. The van der Waals surface area contributed by atoms with Gasteiger partial charge in [-0.25, -0.2) is 0 Å². The Morgan fingerprint density at radius 2 is 2.06 bits per heavy atom. The number of ether oxygens (including phenoxy) is 1. The van der Waals surface area contributed by atoms with Crippen LogP contribution >= 0.6 is 0 Å². The Kier molecular flexibility index (Phi) is 4.47. The van der Waals surface area contributed by atoms with Crippen molar-refractivity contribution in [1.82, 2.24) is 0 Å². The molecule has 0 aliphatic carbocycles. The van der Waals surface area contributed by atoms with Crippen molar-refractivity contribution in [2.45, 2.75) is 33.3 Å². The molecule has 0 aromatic heterocycles. The highest BCUT2D eigenvalue weighted by molar-refractivity contribution is 5.73. The van der Waals surface area contributed by atoms with Gasteiger partial charge in [-0.3, -0.25) is 0 Å². The first kappa shape index (κ1) is 12.7. The third kappa shape index (κ3) is 3.05. The molecular weight excluding hydrogens is 200 g/mol. The second-order valence-corrected chi connectivity index (χ2v) is 4.28. The predicted octanol–water partition coefficient (Wildman–Crippen LogP) is 2.90. The summed E-state index contributed by atoms with van der Waals surface area (Å²) in [4.78, 5) is 2.16. The van der Waals surface area contributed by atoms with Crippen LogP contribution in [0, 0.1) is 0 Å². The largest absolute Gasteiger partial charge is 0.489 e. The van der Waals surface area contributed by atoms with Crippen LogP contribution in [0.5, 0.6) is 5.75 Å². The van der Waals surface area contributed by atoms with Crippen LogP contribution in [0.3, 0.4) is 0 Å². The summed E-state index contributed by atoms with van der Waals surface area (Å²) >= 11 is 0. The number of nitrogens with two attached hydrogens (primary N) is 1. The lowest BCUT2D eigenvalue weighted by atomic mass is 10.2. The second kappa shape index (κ2) is 5.64. The molecule has 1 aromatic carbocycles. The molecule has 0 atom stereocenters. The third-order valence-electron chi connectivity index (χ3n) is 2.38. The van der Waals surface area contributed by atoms with E-state index in [0.29, 0.717) is 0 Å². The Morgan fingerprint density at radius 3 is 2.62 bits per heavy atom. The fourth-order valence-corrected chi connectivity index (χ4v) is 1.68. The molecule has 0 aliphatic rings. The van der Waals surface area contributed by atoms with Crippen molar-refractivity contribution in [1.29, 1.82) is 0 Å². The van der Waals surface area contributed by atoms with Crippen molar-refractivity contribution < 1.29 is 4.74 Å². The highest BCUT2D eigenvalue weighted by Crippen LogP contribution is 2.32. The van der Waals surface area contributed by atoms with Crippen LogP contribution in [0.4, 0.5) is 11.4 Å². The average Bonchev–Trinajstić information content (AvgIpc) is 2.21. The molecule has 0 fully saturated rings. The molecule has 0 aliphatic heterocycles. The fourth-order valence-electron chi connectivity index (χ4n) is 1.68. The Balaban J connectivity index is 2.94. The van der Waals surface area contributed by atoms with Gasteiger partial charge in [0, 0.05) is 13.6 Å². The summed E-state index contributed by atoms with van der Waals surface area (Å²) in [5.41, 5.74) is 7.87. The minimum Gasteiger partial charge on any atom is -0.489 e. The van der Waals surface area contributed by atoms with Crippen LogP contribution in [0.15, 0.2) is 18.2 Å². The van der Waals surface area contributed by atoms with E-state index in [4.69, 9.17) is 10.5 Å². The Morgan fingerprint density at radius 1 is 1.38 bits per heavy atom. The van der Waals surface area contributed by atoms with Gasteiger partial charge in [0.15, 0.2) is 0 Å². The summed E-state index contributed by atoms with van der Waals surface area (Å²) in [5, 5.41) is 0. The molecule has 3 heteroatoms. The van der Waals surface area contributed by atoms with Crippen molar-refractivity contribution >= 4 is 11.4 Å². The highest BCUT2D eigenvalue weighted by Gasteiger charge is 2.10. The zero-order valence-electron chi connectivity index (χ0n) is 10.7. The van der Waals surface area contributed by atoms with E-state index in [1.54, 1.807) is 0 Å². The highest BCUT2D eigenvalue weighted by atomic mass is 16.5. The van der Waals surface area contributed by atoms with Gasteiger partial charge in [-0.1, -0.05) is 13.0 Å². The number of nitrogens with zero attached hydrogens (tertiary/aromatic N) is 1. The molecule has 0 heterocycles. The summed E-state index contributed by atoms with van der Waals surface area (Å²) in [7, 11) is 2.05. The maximum absolute atomic E-state index is 6.10. The first-order valence-electron chi connectivity index (χ1n) is 5.82. The molecule has 0 spiro atoms. The van der Waals surface area contributed by atoms with E-state index in [9.17, 15) is 0 Å². The third-order valence-corrected chi connectivity index (χ3v) is 2.38. The van der Waals surface area contributed by atoms with Crippen molar-refractivity contribution in [3.8, 4) is 5.75 Å². The van der Waals surface area contributed by atoms with Crippen molar-refractivity contribution in [3.63, 3.8) is 0 Å². The maximum atomic E-state index is 6.10. The summed E-state index contributed by atoms with van der Waals surface area (Å²) in [5.74, 6) is 0.774. The standard InChI is InChI=1S/C13H22N2O/c1-5-9-15(4)11-7-6-8-12(13(11)14)16-10(2)3/h6-8,10H,5,9,14H2,1-4H3. The van der Waals surface area contributed by atoms with Gasteiger partial charge < -0.3 is 15.4 Å². The number of rotatable bonds is 5. The normalized spacial score (nSPS) is 10.6. The number of para-hydroxylation sites is 1. The molecule has 0 radical (unpaired) electrons. The van der Waals surface area contributed by atoms with E-state index < -0.39 is 0 Å². The van der Waals surface area contributed by atoms with Crippen LogP contribution in [-0.2, 0) is 0 Å². The first-order valence-corrected chi connectivity index (χ1v) is 5.82. The average molecular weight is 222 g/mol. The van der Waals surface area contributed by atoms with Gasteiger partial charge in [0.1, 0.15) is 5.75 Å². The number of nitrogen functional groups attached to an aromatic ring is 1. The minimum atomic E-state index is 0.147. The molecule has 16 heavy (non-hydrogen) atoms. The quantitative estimate of drug-likeness (QED) is 0.778. The predicted molar refractivity (Wildman–Crippen MR) is 70.2 cm³/mol. The molecule has 1 aromatic rings. The topological polar surface area (TPSA) is 38.5 Å². The van der Waals surface area contributed by atoms with Crippen LogP contribution in [-0.4, -0.2) is 19.7 Å². The van der Waals surface area contributed by atoms with E-state index in [-0.39, 0.29) is 6.10 Å². The lowest BCUT2D eigenvalue weighted by molar-refractivity contribution is 0.244. The number of hydrogen-bond acceptors (Lipinski definition) is 3. The van der Waals surface area contributed by atoms with E-state index in [1.165, 1.54) is 0 Å². The van der Waals surface area contributed by atoms with Crippen LogP contribution in [0.2, 0.25) is 0 Å². The summed E-state index contributed by atoms with van der Waals surface area (Å²) < 4.78 is 5.66. The van der Waals surface area contributed by atoms with Gasteiger partial charge in [0.2, 0.25) is 0 Å². The lowest BCUT2D eigenvalue weighted by Gasteiger charge is -2.22. The van der Waals surface area contributed by atoms with Gasteiger partial charge in [0.05, 0.1) is 17.5 Å². The monoisotopic (exact) mass is 222 g/mol. The van der Waals surface area contributed by atoms with Gasteiger partial charge >= 0.3 is 0 Å². The number of benzene rings is 1. The van der Waals surface area contributed by atoms with Gasteiger partial charge in [0.25, 0.3) is 0 Å². The minimum absolute atomic E-state index is 0.147. The summed E-state index contributed by atoms with van der Waals surface area (Å²) in [6, 6.07) is 5.92. The fraction of sp³-hybridized carbons (Fsp3) is 0.538. The molecule has 0 unspecified atom stereocenters. The number of anilines is 2. The molecule has 3 nitrogen and oxygen atoms in total. The van der Waals surface area contributed by atoms with Gasteiger partial charge in [-0.15, -0.1) is 0 Å². The molecule has 0 saturated heterocycles. The zero-order chi connectivity index (χ0) is 12.1. The molecule has 1 rings (SSSR count). The molecule has 0 bridgehead atoms. The van der Waals surface area contributed by atoms with E-state index in [1.807, 2.05) is 39.1 Å². The smallest absolute Gasteiger partial charge is 0.144 e. The van der Waals surface area contributed by atoms with Gasteiger partial charge in [-0.2, -0.15) is 0 Å². The molecule has 0 amide bonds. The zero-order valence-corrected chi connectivity index (χ0v) is 10.7. The molecule has 90 valence electrons. The van der Waals surface area contributed by atoms with E-state index in [0.717, 1.165) is 30.1 Å². The molecule has 2 N–H and O–H groups in total. The first-order chi connectivity index (χ1) is 7.56. The van der Waals surface area contributed by atoms with Crippen molar-refractivity contribution in [2.75, 3.05) is 24.2 Å². The maximum Gasteiger partial charge on any atom is 0.144 e. The molecule has 0 saturated carbocycles. The second-order valence-electron chi connectivity index (χ2n) is 4.28.